The molecule has 0 aliphatic heterocycles. The molecular formula is C11H19N3OS. The molecule has 1 heterocycles. The zero-order valence-corrected chi connectivity index (χ0v) is 11.1. The summed E-state index contributed by atoms with van der Waals surface area (Å²) in [5, 5.41) is 6.55. The van der Waals surface area contributed by atoms with Crippen LogP contribution in [0.3, 0.4) is 0 Å². The van der Waals surface area contributed by atoms with Crippen LogP contribution in [0.4, 0.5) is 5.13 Å². The van der Waals surface area contributed by atoms with Gasteiger partial charge in [0, 0.05) is 17.3 Å². The number of aryl methyl sites for hydroxylation is 2. The number of hydrogen-bond donors (Lipinski definition) is 2. The van der Waals surface area contributed by atoms with E-state index in [-0.39, 0.29) is 11.8 Å². The van der Waals surface area contributed by atoms with Crippen molar-refractivity contribution in [1.29, 1.82) is 0 Å². The van der Waals surface area contributed by atoms with Gasteiger partial charge in [0.25, 0.3) is 0 Å². The number of carbonyl (C=O) groups excluding carboxylic acids is 1. The number of hydrogen-bond acceptors (Lipinski definition) is 4. The first-order chi connectivity index (χ1) is 7.58. The Morgan fingerprint density at radius 2 is 2.25 bits per heavy atom. The highest BCUT2D eigenvalue weighted by Crippen LogP contribution is 2.22. The van der Waals surface area contributed by atoms with Crippen LogP contribution in [0.1, 0.15) is 24.4 Å². The minimum Gasteiger partial charge on any atom is -0.319 e. The van der Waals surface area contributed by atoms with Crippen LogP contribution in [0, 0.1) is 12.8 Å². The molecule has 0 spiro atoms. The normalized spacial score (nSPS) is 12.5. The summed E-state index contributed by atoms with van der Waals surface area (Å²) in [6.07, 6.45) is 0.907. The van der Waals surface area contributed by atoms with E-state index in [0.717, 1.165) is 12.1 Å². The average molecular weight is 241 g/mol. The summed E-state index contributed by atoms with van der Waals surface area (Å²) in [5.74, 6) is -0.0231. The van der Waals surface area contributed by atoms with Crippen LogP contribution in [-0.4, -0.2) is 24.5 Å². The summed E-state index contributed by atoms with van der Waals surface area (Å²) in [6, 6.07) is 0. The zero-order valence-electron chi connectivity index (χ0n) is 10.3. The van der Waals surface area contributed by atoms with E-state index >= 15 is 0 Å². The number of carbonyl (C=O) groups is 1. The molecule has 1 rings (SSSR count). The van der Waals surface area contributed by atoms with Gasteiger partial charge in [-0.3, -0.25) is 4.79 Å². The highest BCUT2D eigenvalue weighted by atomic mass is 32.1. The smallest absolute Gasteiger partial charge is 0.230 e. The van der Waals surface area contributed by atoms with Gasteiger partial charge in [-0.05, 0) is 20.4 Å². The molecule has 0 aliphatic carbocycles. The molecule has 1 atom stereocenters. The quantitative estimate of drug-likeness (QED) is 0.826. The van der Waals surface area contributed by atoms with E-state index in [0.29, 0.717) is 11.7 Å². The predicted molar refractivity (Wildman–Crippen MR) is 67.9 cm³/mol. The van der Waals surface area contributed by atoms with Crippen LogP contribution >= 0.6 is 11.3 Å². The number of amides is 1. The third kappa shape index (κ3) is 3.28. The standard InChI is InChI=1S/C11H19N3OS/c1-5-9-8(3)16-11(13-9)14-10(15)7(2)6-12-4/h7,12H,5-6H2,1-4H3,(H,13,14,15). The summed E-state index contributed by atoms with van der Waals surface area (Å²) in [4.78, 5) is 17.3. The van der Waals surface area contributed by atoms with Gasteiger partial charge in [0.1, 0.15) is 0 Å². The van der Waals surface area contributed by atoms with E-state index in [1.54, 1.807) is 0 Å². The van der Waals surface area contributed by atoms with E-state index in [1.807, 2.05) is 20.9 Å². The lowest BCUT2D eigenvalue weighted by Gasteiger charge is -2.09. The minimum atomic E-state index is -0.0423. The maximum atomic E-state index is 11.7. The predicted octanol–water partition coefficient (Wildman–Crippen LogP) is 1.81. The first kappa shape index (κ1) is 13.1. The average Bonchev–Trinajstić information content (AvgIpc) is 2.59. The van der Waals surface area contributed by atoms with Crippen LogP contribution < -0.4 is 10.6 Å². The SMILES string of the molecule is CCc1nc(NC(=O)C(C)CNC)sc1C. The van der Waals surface area contributed by atoms with Crippen molar-refractivity contribution in [1.82, 2.24) is 10.3 Å². The molecule has 1 aromatic heterocycles. The Balaban J connectivity index is 2.62. The van der Waals surface area contributed by atoms with Crippen molar-refractivity contribution < 1.29 is 4.79 Å². The second kappa shape index (κ2) is 5.96. The van der Waals surface area contributed by atoms with Gasteiger partial charge < -0.3 is 10.6 Å². The third-order valence-electron chi connectivity index (χ3n) is 2.42. The second-order valence-electron chi connectivity index (χ2n) is 3.82. The minimum absolute atomic E-state index is 0.0192. The molecule has 2 N–H and O–H groups in total. The molecule has 0 saturated carbocycles. The number of aromatic nitrogens is 1. The van der Waals surface area contributed by atoms with E-state index in [4.69, 9.17) is 0 Å². The summed E-state index contributed by atoms with van der Waals surface area (Å²) < 4.78 is 0. The van der Waals surface area contributed by atoms with Gasteiger partial charge >= 0.3 is 0 Å². The molecular weight excluding hydrogens is 222 g/mol. The summed E-state index contributed by atoms with van der Waals surface area (Å²) in [5.41, 5.74) is 1.07. The van der Waals surface area contributed by atoms with E-state index in [2.05, 4.69) is 22.5 Å². The van der Waals surface area contributed by atoms with E-state index in [1.165, 1.54) is 16.2 Å². The van der Waals surface area contributed by atoms with Gasteiger partial charge in [0.2, 0.25) is 5.91 Å². The first-order valence-corrected chi connectivity index (χ1v) is 6.31. The van der Waals surface area contributed by atoms with Crippen molar-refractivity contribution in [2.45, 2.75) is 27.2 Å². The Hall–Kier alpha value is -0.940. The lowest BCUT2D eigenvalue weighted by molar-refractivity contribution is -0.119. The maximum Gasteiger partial charge on any atom is 0.230 e. The molecule has 5 heteroatoms. The van der Waals surface area contributed by atoms with Crippen LogP contribution in [0.5, 0.6) is 0 Å². The maximum absolute atomic E-state index is 11.7. The fourth-order valence-electron chi connectivity index (χ4n) is 1.44. The second-order valence-corrected chi connectivity index (χ2v) is 5.03. The van der Waals surface area contributed by atoms with Crippen molar-refractivity contribution in [2.75, 3.05) is 18.9 Å². The number of nitrogens with one attached hydrogen (secondary N) is 2. The zero-order chi connectivity index (χ0) is 12.1. The summed E-state index contributed by atoms with van der Waals surface area (Å²) in [7, 11) is 1.84. The molecule has 0 bridgehead atoms. The fraction of sp³-hybridized carbons (Fsp3) is 0.636. The Kier molecular flexibility index (Phi) is 4.89. The van der Waals surface area contributed by atoms with Crippen molar-refractivity contribution in [3.8, 4) is 0 Å². The molecule has 1 amide bonds. The molecule has 16 heavy (non-hydrogen) atoms. The molecule has 0 aromatic carbocycles. The van der Waals surface area contributed by atoms with Crippen LogP contribution in [0.25, 0.3) is 0 Å². The van der Waals surface area contributed by atoms with Gasteiger partial charge in [0.15, 0.2) is 5.13 Å². The number of anilines is 1. The van der Waals surface area contributed by atoms with Crippen molar-refractivity contribution in [3.63, 3.8) is 0 Å². The number of thiazole rings is 1. The van der Waals surface area contributed by atoms with E-state index < -0.39 is 0 Å². The Morgan fingerprint density at radius 3 is 2.75 bits per heavy atom. The van der Waals surface area contributed by atoms with Crippen LogP contribution in [0.2, 0.25) is 0 Å². The molecule has 90 valence electrons. The Bertz CT molecular complexity index is 362. The lowest BCUT2D eigenvalue weighted by atomic mass is 10.2. The summed E-state index contributed by atoms with van der Waals surface area (Å²) >= 11 is 1.54. The highest BCUT2D eigenvalue weighted by Gasteiger charge is 2.14. The van der Waals surface area contributed by atoms with E-state index in [9.17, 15) is 4.79 Å². The molecule has 1 aromatic rings. The fourth-order valence-corrected chi connectivity index (χ4v) is 2.34. The molecule has 4 nitrogen and oxygen atoms in total. The largest absolute Gasteiger partial charge is 0.319 e. The van der Waals surface area contributed by atoms with Crippen LogP contribution in [0.15, 0.2) is 0 Å². The van der Waals surface area contributed by atoms with Gasteiger partial charge in [-0.25, -0.2) is 4.98 Å². The van der Waals surface area contributed by atoms with Crippen molar-refractivity contribution in [3.05, 3.63) is 10.6 Å². The molecule has 1 unspecified atom stereocenters. The lowest BCUT2D eigenvalue weighted by Crippen LogP contribution is -2.28. The Morgan fingerprint density at radius 1 is 1.56 bits per heavy atom. The van der Waals surface area contributed by atoms with Gasteiger partial charge in [0.05, 0.1) is 5.69 Å². The van der Waals surface area contributed by atoms with Crippen LogP contribution in [-0.2, 0) is 11.2 Å². The molecule has 0 fully saturated rings. The molecule has 0 radical (unpaired) electrons. The van der Waals surface area contributed by atoms with Crippen molar-refractivity contribution in [2.24, 2.45) is 5.92 Å². The Labute approximate surface area is 100 Å². The van der Waals surface area contributed by atoms with Gasteiger partial charge in [-0.1, -0.05) is 13.8 Å². The number of nitrogens with zero attached hydrogens (tertiary/aromatic N) is 1. The molecule has 0 saturated heterocycles. The highest BCUT2D eigenvalue weighted by molar-refractivity contribution is 7.15. The first-order valence-electron chi connectivity index (χ1n) is 5.50. The number of rotatable bonds is 5. The monoisotopic (exact) mass is 241 g/mol. The van der Waals surface area contributed by atoms with Crippen molar-refractivity contribution >= 4 is 22.4 Å². The molecule has 0 aliphatic rings. The van der Waals surface area contributed by atoms with Gasteiger partial charge in [-0.2, -0.15) is 0 Å². The van der Waals surface area contributed by atoms with Gasteiger partial charge in [-0.15, -0.1) is 11.3 Å². The summed E-state index contributed by atoms with van der Waals surface area (Å²) in [6.45, 7) is 6.67. The third-order valence-corrected chi connectivity index (χ3v) is 3.34. The topological polar surface area (TPSA) is 54.0 Å².